The van der Waals surface area contributed by atoms with Crippen LogP contribution in [0.25, 0.3) is 11.1 Å². The third kappa shape index (κ3) is 2.32. The van der Waals surface area contributed by atoms with E-state index in [1.54, 1.807) is 23.8 Å². The summed E-state index contributed by atoms with van der Waals surface area (Å²) in [6.07, 6.45) is 0.324. The van der Waals surface area contributed by atoms with Crippen LogP contribution in [-0.2, 0) is 9.59 Å². The van der Waals surface area contributed by atoms with E-state index in [-0.39, 0.29) is 11.8 Å². The van der Waals surface area contributed by atoms with E-state index in [2.05, 4.69) is 18.2 Å². The Labute approximate surface area is 183 Å². The molecule has 152 valence electrons. The molecule has 30 heavy (non-hydrogen) atoms. The van der Waals surface area contributed by atoms with E-state index in [1.807, 2.05) is 49.4 Å². The summed E-state index contributed by atoms with van der Waals surface area (Å²) < 4.78 is 0. The third-order valence-electron chi connectivity index (χ3n) is 6.68. The van der Waals surface area contributed by atoms with Gasteiger partial charge in [0.25, 0.3) is 11.8 Å². The minimum atomic E-state index is -1.03. The zero-order chi connectivity index (χ0) is 21.3. The van der Waals surface area contributed by atoms with Gasteiger partial charge in [0.15, 0.2) is 9.74 Å². The molecular formula is C23H21N3O2S2. The summed E-state index contributed by atoms with van der Waals surface area (Å²) in [4.78, 5) is 28.3. The molecule has 6 rings (SSSR count). The molecule has 0 unspecified atom stereocenters. The van der Waals surface area contributed by atoms with Gasteiger partial charge in [-0.1, -0.05) is 76.2 Å². The van der Waals surface area contributed by atoms with Gasteiger partial charge in [0.05, 0.1) is 17.5 Å². The van der Waals surface area contributed by atoms with Gasteiger partial charge >= 0.3 is 0 Å². The van der Waals surface area contributed by atoms with Crippen LogP contribution >= 0.6 is 21.6 Å². The summed E-state index contributed by atoms with van der Waals surface area (Å²) in [6.45, 7) is 3.67. The molecule has 4 atom stereocenters. The Balaban J connectivity index is 1.62. The second kappa shape index (κ2) is 6.29. The second-order valence-corrected chi connectivity index (χ2v) is 11.4. The fourth-order valence-corrected chi connectivity index (χ4v) is 8.49. The van der Waals surface area contributed by atoms with Gasteiger partial charge in [-0.05, 0) is 30.5 Å². The summed E-state index contributed by atoms with van der Waals surface area (Å²) >= 11 is 0. The highest BCUT2D eigenvalue weighted by molar-refractivity contribution is 8.78. The van der Waals surface area contributed by atoms with E-state index in [1.165, 1.54) is 21.6 Å². The molecule has 4 aliphatic rings. The smallest absolute Gasteiger partial charge is 0.261 e. The third-order valence-corrected chi connectivity index (χ3v) is 10.4. The molecule has 4 fully saturated rings. The van der Waals surface area contributed by atoms with E-state index in [4.69, 9.17) is 0 Å². The molecule has 2 aromatic carbocycles. The van der Waals surface area contributed by atoms with Crippen LogP contribution in [0.4, 0.5) is 0 Å². The number of fused-ring (bicyclic) bond motifs is 2. The first-order valence-corrected chi connectivity index (χ1v) is 12.0. The number of piperazine rings is 1. The lowest BCUT2D eigenvalue weighted by molar-refractivity contribution is -0.164. The van der Waals surface area contributed by atoms with Crippen LogP contribution in [0.3, 0.4) is 0 Å². The molecule has 0 aromatic heterocycles. The first-order valence-electron chi connectivity index (χ1n) is 9.82. The molecule has 0 saturated carbocycles. The van der Waals surface area contributed by atoms with Crippen LogP contribution in [0, 0.1) is 16.7 Å². The van der Waals surface area contributed by atoms with Gasteiger partial charge < -0.3 is 9.80 Å². The van der Waals surface area contributed by atoms with Crippen LogP contribution < -0.4 is 0 Å². The first-order chi connectivity index (χ1) is 14.3. The van der Waals surface area contributed by atoms with Gasteiger partial charge in [0, 0.05) is 13.5 Å². The molecule has 0 N–H and O–H groups in total. The number of nitriles is 1. The van der Waals surface area contributed by atoms with Crippen molar-refractivity contribution in [1.82, 2.24) is 9.80 Å². The second-order valence-electron chi connectivity index (χ2n) is 8.57. The van der Waals surface area contributed by atoms with Crippen LogP contribution in [-0.4, -0.2) is 38.4 Å². The first kappa shape index (κ1) is 19.5. The number of nitrogens with zero attached hydrogens (tertiary/aromatic N) is 3. The van der Waals surface area contributed by atoms with Crippen LogP contribution in [0.1, 0.15) is 31.9 Å². The number of amides is 2. The van der Waals surface area contributed by atoms with Gasteiger partial charge in [-0.3, -0.25) is 9.59 Å². The summed E-state index contributed by atoms with van der Waals surface area (Å²) in [5.74, 6) is -0.178. The monoisotopic (exact) mass is 435 g/mol. The summed E-state index contributed by atoms with van der Waals surface area (Å²) in [5.41, 5.74) is 2.22. The van der Waals surface area contributed by atoms with Crippen molar-refractivity contribution in [3.8, 4) is 17.2 Å². The number of carbonyl (C=O) groups is 2. The Kier molecular flexibility index (Phi) is 4.09. The fourth-order valence-electron chi connectivity index (χ4n) is 4.91. The van der Waals surface area contributed by atoms with Crippen LogP contribution in [0.2, 0.25) is 0 Å². The van der Waals surface area contributed by atoms with Gasteiger partial charge in [-0.25, -0.2) is 0 Å². The molecule has 2 aromatic rings. The fraction of sp³-hybridized carbons (Fsp3) is 0.348. The average Bonchev–Trinajstić information content (AvgIpc) is 3.06. The number of carbonyl (C=O) groups excluding carboxylic acids is 2. The van der Waals surface area contributed by atoms with Gasteiger partial charge in [0.1, 0.15) is 0 Å². The summed E-state index contributed by atoms with van der Waals surface area (Å²) in [5, 5.41) is 10.1. The van der Waals surface area contributed by atoms with E-state index >= 15 is 0 Å². The maximum atomic E-state index is 13.6. The molecule has 2 amide bonds. The molecular weight excluding hydrogens is 414 g/mol. The molecule has 4 saturated heterocycles. The Morgan fingerprint density at radius 1 is 0.967 bits per heavy atom. The topological polar surface area (TPSA) is 64.4 Å². The van der Waals surface area contributed by atoms with Crippen molar-refractivity contribution in [2.75, 3.05) is 7.05 Å². The summed E-state index contributed by atoms with van der Waals surface area (Å²) in [7, 11) is 4.56. The number of hydrogen-bond donors (Lipinski definition) is 0. The highest BCUT2D eigenvalue weighted by Crippen LogP contribution is 2.69. The maximum Gasteiger partial charge on any atom is 0.261 e. The maximum absolute atomic E-state index is 13.6. The number of benzene rings is 2. The molecule has 1 spiro atoms. The number of hydrogen-bond acceptors (Lipinski definition) is 5. The highest BCUT2D eigenvalue weighted by atomic mass is 33.1. The molecule has 0 radical (unpaired) electrons. The molecule has 4 aliphatic heterocycles. The molecule has 0 aliphatic carbocycles. The lowest BCUT2D eigenvalue weighted by Gasteiger charge is -2.57. The van der Waals surface area contributed by atoms with Gasteiger partial charge in [-0.15, -0.1) is 0 Å². The van der Waals surface area contributed by atoms with E-state index < -0.39 is 21.2 Å². The largest absolute Gasteiger partial charge is 0.319 e. The van der Waals surface area contributed by atoms with Crippen LogP contribution in [0.5, 0.6) is 0 Å². The van der Waals surface area contributed by atoms with Crippen molar-refractivity contribution in [1.29, 1.82) is 5.26 Å². The lowest BCUT2D eigenvalue weighted by atomic mass is 9.79. The minimum Gasteiger partial charge on any atom is -0.319 e. The predicted octanol–water partition coefficient (Wildman–Crippen LogP) is 4.44. The van der Waals surface area contributed by atoms with Crippen molar-refractivity contribution in [2.45, 2.75) is 36.1 Å². The average molecular weight is 436 g/mol. The van der Waals surface area contributed by atoms with Crippen molar-refractivity contribution in [2.24, 2.45) is 5.41 Å². The summed E-state index contributed by atoms with van der Waals surface area (Å²) in [6, 6.07) is 20.1. The van der Waals surface area contributed by atoms with Crippen LogP contribution in [0.15, 0.2) is 54.6 Å². The Morgan fingerprint density at radius 2 is 1.60 bits per heavy atom. The normalized spacial score (nSPS) is 34.8. The predicted molar refractivity (Wildman–Crippen MR) is 119 cm³/mol. The van der Waals surface area contributed by atoms with E-state index in [0.29, 0.717) is 6.42 Å². The Bertz CT molecular complexity index is 1100. The molecule has 2 bridgehead atoms. The van der Waals surface area contributed by atoms with Crippen molar-refractivity contribution in [3.05, 3.63) is 60.2 Å². The van der Waals surface area contributed by atoms with Crippen molar-refractivity contribution in [3.63, 3.8) is 0 Å². The van der Waals surface area contributed by atoms with E-state index in [9.17, 15) is 14.9 Å². The SMILES string of the molecule is CN1C(=O)[C@@]23C[C@](C)(C#N)[C@H](c4ccc(-c5ccccc5)cc4)N2C(=O)[C@]1(C)SS3. The number of rotatable bonds is 2. The number of likely N-dealkylation sites (N-methyl/N-ethyl adjacent to an activating group) is 1. The molecule has 7 heteroatoms. The van der Waals surface area contributed by atoms with Gasteiger partial charge in [0.2, 0.25) is 0 Å². The Morgan fingerprint density at radius 3 is 2.23 bits per heavy atom. The highest BCUT2D eigenvalue weighted by Gasteiger charge is 2.74. The zero-order valence-corrected chi connectivity index (χ0v) is 18.6. The molecule has 5 nitrogen and oxygen atoms in total. The quantitative estimate of drug-likeness (QED) is 0.653. The van der Waals surface area contributed by atoms with E-state index in [0.717, 1.165) is 16.7 Å². The molecule has 4 heterocycles. The van der Waals surface area contributed by atoms with Gasteiger partial charge in [-0.2, -0.15) is 5.26 Å². The lowest BCUT2D eigenvalue weighted by Crippen LogP contribution is -2.73. The standard InChI is InChI=1S/C23H21N3O2S2/c1-21(14-24)13-23-20(28)25(3)22(2,29-30-23)19(27)26(23)18(21)17-11-9-16(10-12-17)15-7-5-4-6-8-15/h4-12,18H,13H2,1-3H3/t18-,21+,22-,23-/m0/s1. The minimum absolute atomic E-state index is 0.0850. The Hall–Kier alpha value is -2.43. The zero-order valence-electron chi connectivity index (χ0n) is 17.0. The van der Waals surface area contributed by atoms with Crippen molar-refractivity contribution >= 4 is 33.4 Å². The van der Waals surface area contributed by atoms with Crippen molar-refractivity contribution < 1.29 is 9.59 Å².